The molecule has 2 aromatic rings. The molecule has 4 heteroatoms. The molecule has 0 aliphatic carbocycles. The fourth-order valence-corrected chi connectivity index (χ4v) is 3.52. The van der Waals surface area contributed by atoms with E-state index in [-0.39, 0.29) is 0 Å². The lowest BCUT2D eigenvalue weighted by Gasteiger charge is -2.11. The van der Waals surface area contributed by atoms with E-state index in [1.165, 1.54) is 16.9 Å². The fourth-order valence-electron chi connectivity index (χ4n) is 1.95. The number of hydrogen-bond acceptors (Lipinski definition) is 2. The van der Waals surface area contributed by atoms with Crippen LogP contribution in [-0.4, -0.2) is 5.11 Å². The number of hydrogen-bond donors (Lipinski definition) is 1. The van der Waals surface area contributed by atoms with Crippen molar-refractivity contribution in [1.29, 1.82) is 0 Å². The Morgan fingerprint density at radius 3 is 2.26 bits per heavy atom. The lowest BCUT2D eigenvalue weighted by molar-refractivity contribution is 0.179. The Balaban J connectivity index is 2.10. The smallest absolute Gasteiger partial charge is 0.100 e. The summed E-state index contributed by atoms with van der Waals surface area (Å²) in [5.41, 5.74) is 3.11. The maximum atomic E-state index is 10.2. The van der Waals surface area contributed by atoms with E-state index in [1.807, 2.05) is 0 Å². The quantitative estimate of drug-likeness (QED) is 0.795. The van der Waals surface area contributed by atoms with Crippen molar-refractivity contribution < 1.29 is 5.11 Å². The molecule has 0 saturated carbocycles. The van der Waals surface area contributed by atoms with Crippen LogP contribution in [0.5, 0.6) is 0 Å². The summed E-state index contributed by atoms with van der Waals surface area (Å²) in [7, 11) is 0. The molecular weight excluding hydrogens is 299 g/mol. The molecule has 0 spiro atoms. The lowest BCUT2D eigenvalue weighted by Crippen LogP contribution is -2.01. The second-order valence-electron chi connectivity index (χ2n) is 4.90. The van der Waals surface area contributed by atoms with Crippen molar-refractivity contribution in [2.75, 3.05) is 0 Å². The van der Waals surface area contributed by atoms with Crippen molar-refractivity contribution in [1.82, 2.24) is 0 Å². The molecule has 102 valence electrons. The average molecular weight is 315 g/mol. The highest BCUT2D eigenvalue weighted by atomic mass is 35.5. The number of benzene rings is 1. The summed E-state index contributed by atoms with van der Waals surface area (Å²) in [5, 5.41) is 10.2. The van der Waals surface area contributed by atoms with Gasteiger partial charge in [0.15, 0.2) is 0 Å². The minimum absolute atomic E-state index is 0.518. The predicted molar refractivity (Wildman–Crippen MR) is 83.5 cm³/mol. The van der Waals surface area contributed by atoms with Gasteiger partial charge in [-0.3, -0.25) is 0 Å². The van der Waals surface area contributed by atoms with Crippen LogP contribution >= 0.6 is 34.5 Å². The maximum Gasteiger partial charge on any atom is 0.100 e. The number of aliphatic hydroxyl groups excluding tert-OH is 1. The van der Waals surface area contributed by atoms with Crippen LogP contribution in [-0.2, 0) is 6.42 Å². The molecule has 1 nitrogen and oxygen atoms in total. The molecule has 0 aliphatic heterocycles. The first-order valence-corrected chi connectivity index (χ1v) is 7.76. The minimum atomic E-state index is -0.610. The maximum absolute atomic E-state index is 10.2. The summed E-state index contributed by atoms with van der Waals surface area (Å²) in [6.45, 7) is 4.33. The number of rotatable bonds is 4. The highest BCUT2D eigenvalue weighted by Gasteiger charge is 2.15. The van der Waals surface area contributed by atoms with Crippen LogP contribution < -0.4 is 0 Å². The Labute approximate surface area is 127 Å². The molecule has 1 N–H and O–H groups in total. The van der Waals surface area contributed by atoms with Gasteiger partial charge < -0.3 is 5.11 Å². The van der Waals surface area contributed by atoms with Gasteiger partial charge in [-0.1, -0.05) is 61.3 Å². The van der Waals surface area contributed by atoms with Gasteiger partial charge in [0.05, 0.1) is 10.4 Å². The molecule has 0 saturated heterocycles. The molecule has 1 aromatic heterocycles. The van der Waals surface area contributed by atoms with E-state index in [2.05, 4.69) is 38.1 Å². The second-order valence-corrected chi connectivity index (χ2v) is 7.18. The Kier molecular flexibility index (Phi) is 4.91. The molecular formula is C15H16Cl2OS. The van der Waals surface area contributed by atoms with Crippen LogP contribution in [0, 0.1) is 0 Å². The number of aliphatic hydroxyl groups is 1. The van der Waals surface area contributed by atoms with Crippen molar-refractivity contribution in [3.63, 3.8) is 0 Å². The number of thiophene rings is 1. The molecule has 0 aliphatic rings. The summed E-state index contributed by atoms with van der Waals surface area (Å²) < 4.78 is 1.17. The van der Waals surface area contributed by atoms with E-state index in [4.69, 9.17) is 23.2 Å². The van der Waals surface area contributed by atoms with Gasteiger partial charge in [0, 0.05) is 12.0 Å². The van der Waals surface area contributed by atoms with Gasteiger partial charge in [-0.25, -0.2) is 0 Å². The molecule has 19 heavy (non-hydrogen) atoms. The van der Waals surface area contributed by atoms with E-state index in [9.17, 15) is 5.11 Å². The van der Waals surface area contributed by atoms with Crippen molar-refractivity contribution in [2.45, 2.75) is 32.3 Å². The van der Waals surface area contributed by atoms with E-state index in [0.29, 0.717) is 26.6 Å². The topological polar surface area (TPSA) is 20.2 Å². The molecule has 1 heterocycles. The third kappa shape index (κ3) is 3.73. The Morgan fingerprint density at radius 2 is 1.79 bits per heavy atom. The van der Waals surface area contributed by atoms with Gasteiger partial charge in [0.25, 0.3) is 0 Å². The van der Waals surface area contributed by atoms with E-state index in [1.54, 1.807) is 6.07 Å². The van der Waals surface area contributed by atoms with Crippen molar-refractivity contribution >= 4 is 34.5 Å². The zero-order chi connectivity index (χ0) is 14.0. The van der Waals surface area contributed by atoms with E-state index < -0.39 is 6.10 Å². The van der Waals surface area contributed by atoms with Gasteiger partial charge >= 0.3 is 0 Å². The molecule has 0 amide bonds. The summed E-state index contributed by atoms with van der Waals surface area (Å²) in [5.74, 6) is 0.518. The third-order valence-electron chi connectivity index (χ3n) is 3.12. The molecule has 0 radical (unpaired) electrons. The molecule has 1 unspecified atom stereocenters. The molecule has 1 aromatic carbocycles. The highest BCUT2D eigenvalue weighted by molar-refractivity contribution is 7.20. The zero-order valence-corrected chi connectivity index (χ0v) is 13.2. The lowest BCUT2D eigenvalue weighted by atomic mass is 9.98. The summed E-state index contributed by atoms with van der Waals surface area (Å²) in [4.78, 5) is 0. The SMILES string of the molecule is CC(C)c1ccc(CC(O)c2cc(Cl)sc2Cl)cc1. The number of halogens is 2. The summed E-state index contributed by atoms with van der Waals surface area (Å²) in [6.07, 6.45) is -0.0633. The van der Waals surface area contributed by atoms with Crippen molar-refractivity contribution in [3.05, 3.63) is 55.7 Å². The average Bonchev–Trinajstić information content (AvgIpc) is 2.69. The fraction of sp³-hybridized carbons (Fsp3) is 0.333. The normalized spacial score (nSPS) is 12.9. The predicted octanol–water partition coefficient (Wildman–Crippen LogP) is 5.45. The van der Waals surface area contributed by atoms with Crippen molar-refractivity contribution in [2.24, 2.45) is 0 Å². The van der Waals surface area contributed by atoms with Gasteiger partial charge in [0.1, 0.15) is 4.34 Å². The summed E-state index contributed by atoms with van der Waals surface area (Å²) >= 11 is 13.2. The van der Waals surface area contributed by atoms with Crippen LogP contribution in [0.2, 0.25) is 8.67 Å². The third-order valence-corrected chi connectivity index (χ3v) is 4.64. The zero-order valence-electron chi connectivity index (χ0n) is 10.9. The van der Waals surface area contributed by atoms with Gasteiger partial charge in [0.2, 0.25) is 0 Å². The standard InChI is InChI=1S/C15H16Cl2OS/c1-9(2)11-5-3-10(4-6-11)7-13(18)12-8-14(16)19-15(12)17/h3-6,8-9,13,18H,7H2,1-2H3. The van der Waals surface area contributed by atoms with Crippen molar-refractivity contribution in [3.8, 4) is 0 Å². The second kappa shape index (κ2) is 6.27. The first-order chi connectivity index (χ1) is 8.97. The molecule has 1 atom stereocenters. The van der Waals surface area contributed by atoms with E-state index in [0.717, 1.165) is 5.56 Å². The van der Waals surface area contributed by atoms with Gasteiger partial charge in [-0.2, -0.15) is 0 Å². The van der Waals surface area contributed by atoms with Crippen LogP contribution in [0.15, 0.2) is 30.3 Å². The van der Waals surface area contributed by atoms with E-state index >= 15 is 0 Å². The van der Waals surface area contributed by atoms with Crippen LogP contribution in [0.1, 0.15) is 42.6 Å². The Morgan fingerprint density at radius 1 is 1.16 bits per heavy atom. The minimum Gasteiger partial charge on any atom is -0.388 e. The first kappa shape index (κ1) is 14.9. The molecule has 0 fully saturated rings. The highest BCUT2D eigenvalue weighted by Crippen LogP contribution is 2.36. The summed E-state index contributed by atoms with van der Waals surface area (Å²) in [6, 6.07) is 10.1. The first-order valence-electron chi connectivity index (χ1n) is 6.19. The molecule has 0 bridgehead atoms. The van der Waals surface area contributed by atoms with Gasteiger partial charge in [-0.15, -0.1) is 11.3 Å². The largest absolute Gasteiger partial charge is 0.388 e. The Bertz CT molecular complexity index is 546. The van der Waals surface area contributed by atoms with Crippen LogP contribution in [0.4, 0.5) is 0 Å². The monoisotopic (exact) mass is 314 g/mol. The van der Waals surface area contributed by atoms with Gasteiger partial charge in [-0.05, 0) is 23.1 Å². The molecule has 2 rings (SSSR count). The Hall–Kier alpha value is -0.540. The van der Waals surface area contributed by atoms with Crippen LogP contribution in [0.25, 0.3) is 0 Å². The van der Waals surface area contributed by atoms with Crippen LogP contribution in [0.3, 0.4) is 0 Å².